The maximum absolute atomic E-state index is 10.5. The van der Waals surface area contributed by atoms with Crippen LogP contribution in [0.4, 0.5) is 0 Å². The number of nitrogens with zero attached hydrogens (tertiary/aromatic N) is 1. The summed E-state index contributed by atoms with van der Waals surface area (Å²) >= 11 is 0. The van der Waals surface area contributed by atoms with Crippen molar-refractivity contribution >= 4 is 6.29 Å². The van der Waals surface area contributed by atoms with Gasteiger partial charge in [-0.25, -0.2) is 0 Å². The third kappa shape index (κ3) is 2.65. The number of aldehydes is 1. The highest BCUT2D eigenvalue weighted by molar-refractivity contribution is 5.53. The van der Waals surface area contributed by atoms with Crippen molar-refractivity contribution in [1.29, 1.82) is 5.26 Å². The van der Waals surface area contributed by atoms with Crippen LogP contribution >= 0.6 is 0 Å². The fourth-order valence-electron chi connectivity index (χ4n) is 1.77. The van der Waals surface area contributed by atoms with E-state index in [0.717, 1.165) is 44.8 Å². The maximum Gasteiger partial charge on any atom is 0.123 e. The molecule has 2 heteroatoms. The molecule has 1 fully saturated rings. The average Bonchev–Trinajstić information content (AvgIpc) is 2.05. The van der Waals surface area contributed by atoms with Crippen molar-refractivity contribution in [2.45, 2.75) is 38.5 Å². The first-order chi connectivity index (χ1) is 5.86. The minimum Gasteiger partial charge on any atom is -0.303 e. The van der Waals surface area contributed by atoms with Crippen molar-refractivity contribution in [2.24, 2.45) is 11.8 Å². The van der Waals surface area contributed by atoms with Gasteiger partial charge in [0, 0.05) is 11.8 Å². The zero-order valence-electron chi connectivity index (χ0n) is 7.33. The Bertz CT molecular complexity index is 183. The second kappa shape index (κ2) is 4.92. The van der Waals surface area contributed by atoms with E-state index >= 15 is 0 Å². The Morgan fingerprint density at radius 2 is 1.92 bits per heavy atom. The van der Waals surface area contributed by atoms with Crippen molar-refractivity contribution in [3.05, 3.63) is 0 Å². The molecule has 0 spiro atoms. The smallest absolute Gasteiger partial charge is 0.123 e. The van der Waals surface area contributed by atoms with Crippen molar-refractivity contribution in [1.82, 2.24) is 0 Å². The number of carbonyl (C=O) groups excluding carboxylic acids is 1. The normalized spacial score (nSPS) is 31.2. The Morgan fingerprint density at radius 1 is 1.17 bits per heavy atom. The molecule has 0 bridgehead atoms. The summed E-state index contributed by atoms with van der Waals surface area (Å²) in [4.78, 5) is 10.5. The zero-order valence-corrected chi connectivity index (χ0v) is 7.33. The van der Waals surface area contributed by atoms with Crippen LogP contribution in [0.5, 0.6) is 0 Å². The van der Waals surface area contributed by atoms with Gasteiger partial charge in [-0.05, 0) is 25.7 Å². The second-order valence-electron chi connectivity index (χ2n) is 3.58. The summed E-state index contributed by atoms with van der Waals surface area (Å²) in [7, 11) is 0. The van der Waals surface area contributed by atoms with Gasteiger partial charge in [0.15, 0.2) is 0 Å². The quantitative estimate of drug-likeness (QED) is 0.559. The zero-order chi connectivity index (χ0) is 8.81. The molecule has 0 radical (unpaired) electrons. The SMILES string of the molecule is N#CC1CCCCC(C=O)CC1. The van der Waals surface area contributed by atoms with Crippen molar-refractivity contribution < 1.29 is 4.79 Å². The fraction of sp³-hybridized carbons (Fsp3) is 0.800. The Labute approximate surface area is 73.6 Å². The Balaban J connectivity index is 2.39. The van der Waals surface area contributed by atoms with Crippen LogP contribution in [0.25, 0.3) is 0 Å². The summed E-state index contributed by atoms with van der Waals surface area (Å²) in [5, 5.41) is 8.73. The molecule has 66 valence electrons. The van der Waals surface area contributed by atoms with Crippen LogP contribution < -0.4 is 0 Å². The molecule has 1 aliphatic carbocycles. The molecular weight excluding hydrogens is 150 g/mol. The van der Waals surface area contributed by atoms with Crippen LogP contribution in [-0.4, -0.2) is 6.29 Å². The van der Waals surface area contributed by atoms with Crippen molar-refractivity contribution in [3.8, 4) is 6.07 Å². The minimum absolute atomic E-state index is 0.202. The van der Waals surface area contributed by atoms with Gasteiger partial charge in [0.25, 0.3) is 0 Å². The highest BCUT2D eigenvalue weighted by atomic mass is 16.1. The van der Waals surface area contributed by atoms with Gasteiger partial charge in [-0.2, -0.15) is 5.26 Å². The second-order valence-corrected chi connectivity index (χ2v) is 3.58. The van der Waals surface area contributed by atoms with Gasteiger partial charge in [0.2, 0.25) is 0 Å². The summed E-state index contributed by atoms with van der Waals surface area (Å²) < 4.78 is 0. The van der Waals surface area contributed by atoms with Crippen LogP contribution in [-0.2, 0) is 4.79 Å². The van der Waals surface area contributed by atoms with Crippen molar-refractivity contribution in [3.63, 3.8) is 0 Å². The summed E-state index contributed by atoms with van der Waals surface area (Å²) in [6.07, 6.45) is 7.18. The molecule has 1 aliphatic rings. The number of rotatable bonds is 1. The third-order valence-corrected chi connectivity index (χ3v) is 2.64. The first-order valence-electron chi connectivity index (χ1n) is 4.71. The summed E-state index contributed by atoms with van der Waals surface area (Å²) in [6.45, 7) is 0. The largest absolute Gasteiger partial charge is 0.303 e. The van der Waals surface area contributed by atoms with Crippen LogP contribution in [0.2, 0.25) is 0 Å². The number of hydrogen-bond acceptors (Lipinski definition) is 2. The third-order valence-electron chi connectivity index (χ3n) is 2.64. The van der Waals surface area contributed by atoms with Crippen LogP contribution in [0.1, 0.15) is 38.5 Å². The first-order valence-corrected chi connectivity index (χ1v) is 4.71. The van der Waals surface area contributed by atoms with Gasteiger partial charge >= 0.3 is 0 Å². The Morgan fingerprint density at radius 3 is 2.58 bits per heavy atom. The highest BCUT2D eigenvalue weighted by Gasteiger charge is 2.15. The van der Waals surface area contributed by atoms with E-state index in [1.165, 1.54) is 0 Å². The van der Waals surface area contributed by atoms with E-state index in [2.05, 4.69) is 6.07 Å². The molecule has 1 saturated carbocycles. The van der Waals surface area contributed by atoms with Gasteiger partial charge in [0.1, 0.15) is 6.29 Å². The van der Waals surface area contributed by atoms with Crippen LogP contribution in [0.15, 0.2) is 0 Å². The van der Waals surface area contributed by atoms with Crippen LogP contribution in [0.3, 0.4) is 0 Å². The van der Waals surface area contributed by atoms with Crippen molar-refractivity contribution in [2.75, 3.05) is 0 Å². The topological polar surface area (TPSA) is 40.9 Å². The standard InChI is InChI=1S/C10H15NO/c11-7-9-3-1-2-4-10(8-12)6-5-9/h8-10H,1-6H2. The molecule has 0 saturated heterocycles. The van der Waals surface area contributed by atoms with E-state index in [-0.39, 0.29) is 11.8 Å². The van der Waals surface area contributed by atoms with Gasteiger partial charge in [-0.3, -0.25) is 0 Å². The summed E-state index contributed by atoms with van der Waals surface area (Å²) in [5.74, 6) is 0.425. The van der Waals surface area contributed by atoms with Crippen LogP contribution in [0, 0.1) is 23.2 Å². The molecule has 2 unspecified atom stereocenters. The minimum atomic E-state index is 0.202. The van der Waals surface area contributed by atoms with E-state index in [4.69, 9.17) is 5.26 Å². The van der Waals surface area contributed by atoms with E-state index in [1.54, 1.807) is 0 Å². The van der Waals surface area contributed by atoms with Gasteiger partial charge < -0.3 is 4.79 Å². The molecule has 2 nitrogen and oxygen atoms in total. The fourth-order valence-corrected chi connectivity index (χ4v) is 1.77. The summed E-state index contributed by atoms with van der Waals surface area (Å²) in [5.41, 5.74) is 0. The lowest BCUT2D eigenvalue weighted by atomic mass is 9.87. The predicted molar refractivity (Wildman–Crippen MR) is 46.4 cm³/mol. The van der Waals surface area contributed by atoms with E-state index in [0.29, 0.717) is 0 Å². The molecule has 0 aromatic rings. The lowest BCUT2D eigenvalue weighted by Gasteiger charge is -2.16. The van der Waals surface area contributed by atoms with Gasteiger partial charge in [0.05, 0.1) is 6.07 Å². The number of nitriles is 1. The molecule has 12 heavy (non-hydrogen) atoms. The monoisotopic (exact) mass is 165 g/mol. The molecule has 0 aromatic carbocycles. The Hall–Kier alpha value is -0.840. The molecule has 2 atom stereocenters. The molecular formula is C10H15NO. The molecule has 1 rings (SSSR count). The average molecular weight is 165 g/mol. The highest BCUT2D eigenvalue weighted by Crippen LogP contribution is 2.24. The van der Waals surface area contributed by atoms with Gasteiger partial charge in [-0.1, -0.05) is 12.8 Å². The number of carbonyl (C=O) groups is 1. The summed E-state index contributed by atoms with van der Waals surface area (Å²) in [6, 6.07) is 2.30. The molecule has 0 N–H and O–H groups in total. The van der Waals surface area contributed by atoms with E-state index in [9.17, 15) is 4.79 Å². The van der Waals surface area contributed by atoms with Gasteiger partial charge in [-0.15, -0.1) is 0 Å². The lowest BCUT2D eigenvalue weighted by molar-refractivity contribution is -0.111. The molecule has 0 aromatic heterocycles. The predicted octanol–water partition coefficient (Wildman–Crippen LogP) is 2.30. The molecule has 0 amide bonds. The molecule has 0 heterocycles. The molecule has 0 aliphatic heterocycles. The Kier molecular flexibility index (Phi) is 3.79. The van der Waals surface area contributed by atoms with E-state index < -0.39 is 0 Å². The first kappa shape index (κ1) is 9.25. The maximum atomic E-state index is 10.5. The lowest BCUT2D eigenvalue weighted by Crippen LogP contribution is -2.09. The van der Waals surface area contributed by atoms with E-state index in [1.807, 2.05) is 0 Å². The number of hydrogen-bond donors (Lipinski definition) is 0.